The molecule has 0 heterocycles. The number of anilines is 1. The minimum absolute atomic E-state index is 0.00196. The van der Waals surface area contributed by atoms with E-state index in [1.54, 1.807) is 24.3 Å². The van der Waals surface area contributed by atoms with E-state index >= 15 is 0 Å². The van der Waals surface area contributed by atoms with Crippen LogP contribution in [0.3, 0.4) is 0 Å². The SMILES string of the molecule is CC[C@H](C)NC(=O)[C@H](Cc1ccccc1)N(Cc1ccccc1)C(=O)CN(c1cc(Cl)ccc1OC)S(=O)(=O)c1ccc(C)cc1. The van der Waals surface area contributed by atoms with Crippen LogP contribution in [0, 0.1) is 6.92 Å². The summed E-state index contributed by atoms with van der Waals surface area (Å²) in [6, 6.07) is 28.7. The summed E-state index contributed by atoms with van der Waals surface area (Å²) in [5.74, 6) is -0.671. The Morgan fingerprint density at radius 1 is 0.891 bits per heavy atom. The highest BCUT2D eigenvalue weighted by molar-refractivity contribution is 7.92. The Bertz CT molecular complexity index is 1720. The molecular formula is C36H40ClN3O5S. The van der Waals surface area contributed by atoms with Crippen LogP contribution in [0.5, 0.6) is 5.75 Å². The third-order valence-electron chi connectivity index (χ3n) is 7.77. The maximum absolute atomic E-state index is 14.6. The van der Waals surface area contributed by atoms with Gasteiger partial charge in [-0.05, 0) is 61.7 Å². The number of amides is 2. The van der Waals surface area contributed by atoms with Crippen molar-refractivity contribution in [2.75, 3.05) is 18.0 Å². The maximum atomic E-state index is 14.6. The minimum Gasteiger partial charge on any atom is -0.495 e. The van der Waals surface area contributed by atoms with Gasteiger partial charge in [-0.15, -0.1) is 0 Å². The molecule has 0 bridgehead atoms. The van der Waals surface area contributed by atoms with Crippen LogP contribution in [-0.4, -0.2) is 50.9 Å². The normalized spacial score (nSPS) is 12.5. The van der Waals surface area contributed by atoms with Crippen molar-refractivity contribution in [1.29, 1.82) is 0 Å². The molecule has 46 heavy (non-hydrogen) atoms. The highest BCUT2D eigenvalue weighted by Crippen LogP contribution is 2.35. The largest absolute Gasteiger partial charge is 0.495 e. The van der Waals surface area contributed by atoms with E-state index in [0.717, 1.165) is 21.0 Å². The van der Waals surface area contributed by atoms with Crippen molar-refractivity contribution in [3.05, 3.63) is 125 Å². The summed E-state index contributed by atoms with van der Waals surface area (Å²) >= 11 is 6.36. The second kappa shape index (κ2) is 15.8. The third-order valence-corrected chi connectivity index (χ3v) is 9.77. The number of ether oxygens (including phenoxy) is 1. The Hall–Kier alpha value is -4.34. The van der Waals surface area contributed by atoms with Crippen molar-refractivity contribution in [2.45, 2.75) is 57.1 Å². The summed E-state index contributed by atoms with van der Waals surface area (Å²) < 4.78 is 35.1. The maximum Gasteiger partial charge on any atom is 0.264 e. The molecule has 0 unspecified atom stereocenters. The predicted molar refractivity (Wildman–Crippen MR) is 183 cm³/mol. The van der Waals surface area contributed by atoms with E-state index in [4.69, 9.17) is 16.3 Å². The van der Waals surface area contributed by atoms with Gasteiger partial charge >= 0.3 is 0 Å². The average Bonchev–Trinajstić information content (AvgIpc) is 3.06. The van der Waals surface area contributed by atoms with Crippen molar-refractivity contribution >= 4 is 39.1 Å². The summed E-state index contributed by atoms with van der Waals surface area (Å²) in [5.41, 5.74) is 2.64. The number of carbonyl (C=O) groups excluding carboxylic acids is 2. The Labute approximate surface area is 277 Å². The molecule has 4 rings (SSSR count). The highest BCUT2D eigenvalue weighted by Gasteiger charge is 2.36. The Kier molecular flexibility index (Phi) is 11.8. The topological polar surface area (TPSA) is 96.0 Å². The van der Waals surface area contributed by atoms with E-state index < -0.39 is 28.5 Å². The first-order valence-electron chi connectivity index (χ1n) is 15.1. The first kappa shape index (κ1) is 34.5. The number of hydrogen-bond acceptors (Lipinski definition) is 5. The number of hydrogen-bond donors (Lipinski definition) is 1. The van der Waals surface area contributed by atoms with Gasteiger partial charge in [0.15, 0.2) is 0 Å². The molecule has 4 aromatic rings. The van der Waals surface area contributed by atoms with Crippen molar-refractivity contribution in [3.63, 3.8) is 0 Å². The molecule has 0 saturated carbocycles. The lowest BCUT2D eigenvalue weighted by Crippen LogP contribution is -2.54. The van der Waals surface area contributed by atoms with Crippen molar-refractivity contribution < 1.29 is 22.7 Å². The van der Waals surface area contributed by atoms with Gasteiger partial charge < -0.3 is 15.0 Å². The lowest BCUT2D eigenvalue weighted by Gasteiger charge is -2.34. The quantitative estimate of drug-likeness (QED) is 0.169. The zero-order valence-electron chi connectivity index (χ0n) is 26.5. The molecule has 0 radical (unpaired) electrons. The first-order valence-corrected chi connectivity index (χ1v) is 17.0. The van der Waals surface area contributed by atoms with Crippen LogP contribution in [-0.2, 0) is 32.6 Å². The van der Waals surface area contributed by atoms with Gasteiger partial charge in [-0.2, -0.15) is 0 Å². The van der Waals surface area contributed by atoms with E-state index in [1.165, 1.54) is 30.2 Å². The molecule has 0 aromatic heterocycles. The van der Waals surface area contributed by atoms with Crippen LogP contribution in [0.2, 0.25) is 5.02 Å². The highest BCUT2D eigenvalue weighted by atomic mass is 35.5. The van der Waals surface area contributed by atoms with E-state index in [1.807, 2.05) is 81.4 Å². The number of halogens is 1. The standard InChI is InChI=1S/C36H40ClN3O5S/c1-5-27(3)38-36(42)33(22-28-12-8-6-9-13-28)39(24-29-14-10-7-11-15-29)35(41)25-40(32-23-30(37)18-21-34(32)45-4)46(43,44)31-19-16-26(2)17-20-31/h6-21,23,27,33H,5,22,24-25H2,1-4H3,(H,38,42)/t27-,33-/m0/s1. The van der Waals surface area contributed by atoms with Gasteiger partial charge in [0.25, 0.3) is 10.0 Å². The molecule has 0 fully saturated rings. The van der Waals surface area contributed by atoms with Gasteiger partial charge in [0, 0.05) is 24.0 Å². The number of aryl methyl sites for hydroxylation is 1. The smallest absolute Gasteiger partial charge is 0.264 e. The number of nitrogens with zero attached hydrogens (tertiary/aromatic N) is 2. The molecule has 0 aliphatic rings. The minimum atomic E-state index is -4.30. The molecule has 8 nitrogen and oxygen atoms in total. The van der Waals surface area contributed by atoms with Crippen LogP contribution in [0.15, 0.2) is 108 Å². The molecule has 4 aromatic carbocycles. The zero-order chi connectivity index (χ0) is 33.3. The number of carbonyl (C=O) groups is 2. The Morgan fingerprint density at radius 2 is 1.50 bits per heavy atom. The van der Waals surface area contributed by atoms with Gasteiger partial charge in [-0.25, -0.2) is 8.42 Å². The van der Waals surface area contributed by atoms with Gasteiger partial charge in [0.05, 0.1) is 17.7 Å². The molecule has 0 spiro atoms. The van der Waals surface area contributed by atoms with E-state index in [9.17, 15) is 18.0 Å². The average molecular weight is 662 g/mol. The monoisotopic (exact) mass is 661 g/mol. The van der Waals surface area contributed by atoms with Crippen molar-refractivity contribution in [2.24, 2.45) is 0 Å². The Balaban J connectivity index is 1.84. The molecule has 242 valence electrons. The number of methoxy groups -OCH3 is 1. The van der Waals surface area contributed by atoms with E-state index in [2.05, 4.69) is 5.32 Å². The van der Waals surface area contributed by atoms with Crippen LogP contribution in [0.1, 0.15) is 37.0 Å². The van der Waals surface area contributed by atoms with Crippen LogP contribution < -0.4 is 14.4 Å². The van der Waals surface area contributed by atoms with Crippen LogP contribution in [0.4, 0.5) is 5.69 Å². The van der Waals surface area contributed by atoms with Crippen molar-refractivity contribution in [3.8, 4) is 5.75 Å². The van der Waals surface area contributed by atoms with E-state index in [-0.39, 0.29) is 46.3 Å². The fraction of sp³-hybridized carbons (Fsp3) is 0.278. The Morgan fingerprint density at radius 3 is 2.09 bits per heavy atom. The van der Waals surface area contributed by atoms with Crippen LogP contribution in [0.25, 0.3) is 0 Å². The summed E-state index contributed by atoms with van der Waals surface area (Å²) in [6.45, 7) is 5.20. The third kappa shape index (κ3) is 8.68. The summed E-state index contributed by atoms with van der Waals surface area (Å²) in [6.07, 6.45) is 0.931. The lowest BCUT2D eigenvalue weighted by molar-refractivity contribution is -0.140. The molecular weight excluding hydrogens is 622 g/mol. The summed E-state index contributed by atoms with van der Waals surface area (Å²) in [4.78, 5) is 30.0. The van der Waals surface area contributed by atoms with Gasteiger partial charge in [-0.3, -0.25) is 13.9 Å². The summed E-state index contributed by atoms with van der Waals surface area (Å²) in [7, 11) is -2.88. The molecule has 0 aliphatic heterocycles. The molecule has 0 aliphatic carbocycles. The van der Waals surface area contributed by atoms with Crippen molar-refractivity contribution in [1.82, 2.24) is 10.2 Å². The second-order valence-corrected chi connectivity index (χ2v) is 13.5. The second-order valence-electron chi connectivity index (χ2n) is 11.2. The molecule has 0 saturated heterocycles. The zero-order valence-corrected chi connectivity index (χ0v) is 28.1. The fourth-order valence-electron chi connectivity index (χ4n) is 4.98. The van der Waals surface area contributed by atoms with Gasteiger partial charge in [0.1, 0.15) is 18.3 Å². The molecule has 2 amide bonds. The van der Waals surface area contributed by atoms with Gasteiger partial charge in [0.2, 0.25) is 11.8 Å². The molecule has 1 N–H and O–H groups in total. The number of sulfonamides is 1. The number of rotatable bonds is 14. The summed E-state index contributed by atoms with van der Waals surface area (Å²) in [5, 5.41) is 3.31. The first-order chi connectivity index (χ1) is 22.0. The lowest BCUT2D eigenvalue weighted by atomic mass is 10.0. The fourth-order valence-corrected chi connectivity index (χ4v) is 6.57. The van der Waals surface area contributed by atoms with Gasteiger partial charge in [-0.1, -0.05) is 96.9 Å². The molecule has 2 atom stereocenters. The number of nitrogens with one attached hydrogen (secondary N) is 1. The van der Waals surface area contributed by atoms with E-state index in [0.29, 0.717) is 6.42 Å². The van der Waals surface area contributed by atoms with Crippen LogP contribution >= 0.6 is 11.6 Å². The molecule has 10 heteroatoms. The predicted octanol–water partition coefficient (Wildman–Crippen LogP) is 6.41. The number of benzene rings is 4.